The summed E-state index contributed by atoms with van der Waals surface area (Å²) in [6, 6.07) is 7.53. The van der Waals surface area contributed by atoms with Gasteiger partial charge in [0.05, 0.1) is 0 Å². The molecule has 1 heterocycles. The largest absolute Gasteiger partial charge is 0.312 e. The highest BCUT2D eigenvalue weighted by Crippen LogP contribution is 2.34. The van der Waals surface area contributed by atoms with Crippen LogP contribution in [-0.2, 0) is 0 Å². The van der Waals surface area contributed by atoms with Crippen LogP contribution in [0.2, 0.25) is 0 Å². The van der Waals surface area contributed by atoms with Gasteiger partial charge in [-0.3, -0.25) is 0 Å². The van der Waals surface area contributed by atoms with E-state index in [1.165, 1.54) is 10.9 Å². The first-order valence-electron chi connectivity index (χ1n) is 6.02. The Labute approximate surface area is 106 Å². The Kier molecular flexibility index (Phi) is 3.79. The molecule has 0 saturated heterocycles. The van der Waals surface area contributed by atoms with Crippen molar-refractivity contribution in [3.63, 3.8) is 0 Å². The van der Waals surface area contributed by atoms with Crippen LogP contribution in [0, 0.1) is 11.7 Å². The van der Waals surface area contributed by atoms with Crippen molar-refractivity contribution in [2.24, 2.45) is 5.92 Å². The predicted molar refractivity (Wildman–Crippen MR) is 73.0 cm³/mol. The maximum atomic E-state index is 13.1. The van der Waals surface area contributed by atoms with E-state index < -0.39 is 0 Å². The summed E-state index contributed by atoms with van der Waals surface area (Å²) in [6.07, 6.45) is 1.13. The number of fused-ring (bicyclic) bond motifs is 1. The van der Waals surface area contributed by atoms with E-state index in [0.29, 0.717) is 12.0 Å². The molecular formula is C14H18FNS. The normalized spacial score (nSPS) is 15.1. The SMILES string of the molecule is CCC(C)C(NC)c1cc2ccc(F)cc2s1. The van der Waals surface area contributed by atoms with E-state index in [4.69, 9.17) is 0 Å². The quantitative estimate of drug-likeness (QED) is 0.852. The van der Waals surface area contributed by atoms with Gasteiger partial charge in [0, 0.05) is 15.6 Å². The number of hydrogen-bond acceptors (Lipinski definition) is 2. The number of thiophene rings is 1. The fraction of sp³-hybridized carbons (Fsp3) is 0.429. The Hall–Kier alpha value is -0.930. The fourth-order valence-electron chi connectivity index (χ4n) is 2.12. The highest BCUT2D eigenvalue weighted by atomic mass is 32.1. The first kappa shape index (κ1) is 12.5. The van der Waals surface area contributed by atoms with Gasteiger partial charge in [0.25, 0.3) is 0 Å². The first-order chi connectivity index (χ1) is 8.15. The fourth-order valence-corrected chi connectivity index (χ4v) is 3.45. The van der Waals surface area contributed by atoms with Crippen molar-refractivity contribution in [2.45, 2.75) is 26.3 Å². The second-order valence-corrected chi connectivity index (χ2v) is 5.60. The lowest BCUT2D eigenvalue weighted by molar-refractivity contribution is 0.406. The van der Waals surface area contributed by atoms with Crippen LogP contribution in [0.3, 0.4) is 0 Å². The van der Waals surface area contributed by atoms with Gasteiger partial charge in [-0.1, -0.05) is 26.3 Å². The van der Waals surface area contributed by atoms with Crippen LogP contribution in [0.4, 0.5) is 4.39 Å². The van der Waals surface area contributed by atoms with Crippen molar-refractivity contribution in [1.29, 1.82) is 0 Å². The average Bonchev–Trinajstić information content (AvgIpc) is 2.72. The summed E-state index contributed by atoms with van der Waals surface area (Å²) in [7, 11) is 1.99. The summed E-state index contributed by atoms with van der Waals surface area (Å²) in [5.74, 6) is 0.424. The molecular weight excluding hydrogens is 233 g/mol. The van der Waals surface area contributed by atoms with Crippen LogP contribution in [0.5, 0.6) is 0 Å². The molecule has 0 aliphatic heterocycles. The first-order valence-corrected chi connectivity index (χ1v) is 6.83. The number of hydrogen-bond donors (Lipinski definition) is 1. The van der Waals surface area contributed by atoms with Crippen molar-refractivity contribution in [3.8, 4) is 0 Å². The molecule has 0 bridgehead atoms. The molecule has 2 aromatic rings. The third kappa shape index (κ3) is 2.50. The van der Waals surface area contributed by atoms with Crippen molar-refractivity contribution in [1.82, 2.24) is 5.32 Å². The van der Waals surface area contributed by atoms with Crippen molar-refractivity contribution < 1.29 is 4.39 Å². The molecule has 2 atom stereocenters. The monoisotopic (exact) mass is 251 g/mol. The van der Waals surface area contributed by atoms with Gasteiger partial charge in [-0.2, -0.15) is 0 Å². The molecule has 2 rings (SSSR count). The van der Waals surface area contributed by atoms with Crippen LogP contribution >= 0.6 is 11.3 Å². The van der Waals surface area contributed by atoms with E-state index in [1.54, 1.807) is 17.4 Å². The molecule has 0 fully saturated rings. The number of nitrogens with one attached hydrogen (secondary N) is 1. The smallest absolute Gasteiger partial charge is 0.124 e. The summed E-state index contributed by atoms with van der Waals surface area (Å²) in [5, 5.41) is 4.50. The van der Waals surface area contributed by atoms with Crippen LogP contribution in [0.15, 0.2) is 24.3 Å². The maximum absolute atomic E-state index is 13.1. The van der Waals surface area contributed by atoms with Gasteiger partial charge < -0.3 is 5.32 Å². The van der Waals surface area contributed by atoms with Gasteiger partial charge in [-0.15, -0.1) is 11.3 Å². The van der Waals surface area contributed by atoms with Crippen LogP contribution in [-0.4, -0.2) is 7.05 Å². The topological polar surface area (TPSA) is 12.0 Å². The lowest BCUT2D eigenvalue weighted by Gasteiger charge is -2.20. The number of halogens is 1. The summed E-state index contributed by atoms with van der Waals surface area (Å²) in [5.41, 5.74) is 0. The lowest BCUT2D eigenvalue weighted by atomic mass is 9.98. The average molecular weight is 251 g/mol. The molecule has 0 aliphatic rings. The molecule has 0 amide bonds. The minimum absolute atomic E-state index is 0.157. The van der Waals surface area contributed by atoms with E-state index in [2.05, 4.69) is 25.2 Å². The van der Waals surface area contributed by atoms with E-state index in [-0.39, 0.29) is 5.82 Å². The van der Waals surface area contributed by atoms with E-state index in [0.717, 1.165) is 16.5 Å². The second-order valence-electron chi connectivity index (χ2n) is 4.48. The van der Waals surface area contributed by atoms with Gasteiger partial charge in [0.15, 0.2) is 0 Å². The summed E-state index contributed by atoms with van der Waals surface area (Å²) in [4.78, 5) is 1.29. The molecule has 2 unspecified atom stereocenters. The highest BCUT2D eigenvalue weighted by Gasteiger charge is 2.18. The second kappa shape index (κ2) is 5.15. The molecule has 0 spiro atoms. The molecule has 92 valence electrons. The van der Waals surface area contributed by atoms with Crippen LogP contribution in [0.25, 0.3) is 10.1 Å². The molecule has 1 nitrogen and oxygen atoms in total. The Morgan fingerprint density at radius 2 is 2.12 bits per heavy atom. The van der Waals surface area contributed by atoms with Gasteiger partial charge >= 0.3 is 0 Å². The third-order valence-corrected chi connectivity index (χ3v) is 4.51. The minimum Gasteiger partial charge on any atom is -0.312 e. The van der Waals surface area contributed by atoms with Crippen molar-refractivity contribution in [2.75, 3.05) is 7.05 Å². The van der Waals surface area contributed by atoms with E-state index >= 15 is 0 Å². The summed E-state index contributed by atoms with van der Waals surface area (Å²) in [6.45, 7) is 4.44. The van der Waals surface area contributed by atoms with E-state index in [9.17, 15) is 4.39 Å². The molecule has 17 heavy (non-hydrogen) atoms. The Bertz CT molecular complexity index is 506. The lowest BCUT2D eigenvalue weighted by Crippen LogP contribution is -2.21. The van der Waals surface area contributed by atoms with Crippen molar-refractivity contribution >= 4 is 21.4 Å². The molecule has 0 radical (unpaired) electrons. The Balaban J connectivity index is 2.41. The molecule has 1 aromatic carbocycles. The minimum atomic E-state index is -0.157. The molecule has 1 aromatic heterocycles. The standard InChI is InChI=1S/C14H18FNS/c1-4-9(2)14(16-3)13-7-10-5-6-11(15)8-12(10)17-13/h5-9,14,16H,4H2,1-3H3. The maximum Gasteiger partial charge on any atom is 0.124 e. The molecule has 0 saturated carbocycles. The summed E-state index contributed by atoms with van der Waals surface area (Å²) < 4.78 is 14.2. The van der Waals surface area contributed by atoms with Gasteiger partial charge in [0.1, 0.15) is 5.82 Å². The zero-order valence-corrected chi connectivity index (χ0v) is 11.3. The Morgan fingerprint density at radius 3 is 2.76 bits per heavy atom. The Morgan fingerprint density at radius 1 is 1.35 bits per heavy atom. The predicted octanol–water partition coefficient (Wildman–Crippen LogP) is 4.35. The van der Waals surface area contributed by atoms with Crippen molar-refractivity contribution in [3.05, 3.63) is 35.0 Å². The molecule has 0 aliphatic carbocycles. The van der Waals surface area contributed by atoms with Crippen LogP contribution in [0.1, 0.15) is 31.2 Å². The van der Waals surface area contributed by atoms with Gasteiger partial charge in [0.2, 0.25) is 0 Å². The van der Waals surface area contributed by atoms with Gasteiger partial charge in [-0.25, -0.2) is 4.39 Å². The summed E-state index contributed by atoms with van der Waals surface area (Å²) >= 11 is 1.69. The zero-order chi connectivity index (χ0) is 12.4. The zero-order valence-electron chi connectivity index (χ0n) is 10.5. The van der Waals surface area contributed by atoms with Crippen LogP contribution < -0.4 is 5.32 Å². The highest BCUT2D eigenvalue weighted by molar-refractivity contribution is 7.19. The van der Waals surface area contributed by atoms with E-state index in [1.807, 2.05) is 13.1 Å². The van der Waals surface area contributed by atoms with Gasteiger partial charge in [-0.05, 0) is 36.6 Å². The molecule has 3 heteroatoms. The number of benzene rings is 1. The number of rotatable bonds is 4. The molecule has 1 N–H and O–H groups in total. The third-order valence-electron chi connectivity index (χ3n) is 3.33.